The van der Waals surface area contributed by atoms with Crippen molar-refractivity contribution in [2.75, 3.05) is 17.1 Å². The van der Waals surface area contributed by atoms with Crippen LogP contribution in [-0.4, -0.2) is 50.0 Å². The van der Waals surface area contributed by atoms with E-state index in [0.29, 0.717) is 5.69 Å². The first-order chi connectivity index (χ1) is 15.3. The largest absolute Gasteiger partial charge is 0.352 e. The van der Waals surface area contributed by atoms with Crippen LogP contribution in [0.3, 0.4) is 0 Å². The van der Waals surface area contributed by atoms with Gasteiger partial charge in [-0.25, -0.2) is 8.42 Å². The first kappa shape index (κ1) is 26.9. The van der Waals surface area contributed by atoms with Gasteiger partial charge in [0.15, 0.2) is 0 Å². The molecule has 0 aliphatic rings. The number of nitrogens with zero attached hydrogens (tertiary/aromatic N) is 2. The van der Waals surface area contributed by atoms with Crippen molar-refractivity contribution in [3.8, 4) is 0 Å². The molecule has 1 atom stereocenters. The monoisotopic (exact) mass is 537 g/mol. The number of carbonyl (C=O) groups excluding carboxylic acids is 2. The molecule has 0 aliphatic carbocycles. The van der Waals surface area contributed by atoms with Crippen molar-refractivity contribution in [3.05, 3.63) is 63.6 Å². The zero-order chi connectivity index (χ0) is 24.9. The van der Waals surface area contributed by atoms with Gasteiger partial charge in [0.2, 0.25) is 21.8 Å². The van der Waals surface area contributed by atoms with Crippen molar-refractivity contribution in [2.24, 2.45) is 0 Å². The summed E-state index contributed by atoms with van der Waals surface area (Å²) in [6.45, 7) is 8.93. The molecule has 7 nitrogen and oxygen atoms in total. The minimum atomic E-state index is -3.75. The lowest BCUT2D eigenvalue weighted by atomic mass is 10.1. The molecule has 33 heavy (non-hydrogen) atoms. The molecular formula is C24H32BrN3O4S. The van der Waals surface area contributed by atoms with Crippen molar-refractivity contribution < 1.29 is 18.0 Å². The maximum Gasteiger partial charge on any atom is 0.244 e. The summed E-state index contributed by atoms with van der Waals surface area (Å²) in [5, 5.41) is 2.83. The Morgan fingerprint density at radius 1 is 1.03 bits per heavy atom. The average Bonchev–Trinajstić information content (AvgIpc) is 2.71. The molecule has 1 N–H and O–H groups in total. The Balaban J connectivity index is 2.40. The Hall–Kier alpha value is -2.39. The fourth-order valence-electron chi connectivity index (χ4n) is 3.28. The Morgan fingerprint density at radius 3 is 2.15 bits per heavy atom. The maximum atomic E-state index is 13.5. The number of nitrogens with one attached hydrogen (secondary N) is 1. The summed E-state index contributed by atoms with van der Waals surface area (Å²) < 4.78 is 27.1. The fraction of sp³-hybridized carbons (Fsp3) is 0.417. The third kappa shape index (κ3) is 7.57. The van der Waals surface area contributed by atoms with Gasteiger partial charge in [-0.2, -0.15) is 0 Å². The van der Waals surface area contributed by atoms with Gasteiger partial charge in [0, 0.05) is 17.1 Å². The Bertz CT molecular complexity index is 1100. The van der Waals surface area contributed by atoms with Crippen LogP contribution in [0.4, 0.5) is 5.69 Å². The average molecular weight is 539 g/mol. The summed E-state index contributed by atoms with van der Waals surface area (Å²) in [5.74, 6) is -0.760. The van der Waals surface area contributed by atoms with Crippen LogP contribution in [0.2, 0.25) is 0 Å². The zero-order valence-corrected chi connectivity index (χ0v) is 22.3. The van der Waals surface area contributed by atoms with Gasteiger partial charge in [-0.15, -0.1) is 0 Å². The molecule has 9 heteroatoms. The van der Waals surface area contributed by atoms with Crippen LogP contribution in [0, 0.1) is 13.8 Å². The Kier molecular flexibility index (Phi) is 9.08. The number of hydrogen-bond donors (Lipinski definition) is 1. The molecule has 2 aromatic rings. The van der Waals surface area contributed by atoms with Gasteiger partial charge < -0.3 is 10.2 Å². The van der Waals surface area contributed by atoms with Crippen LogP contribution >= 0.6 is 15.9 Å². The molecule has 0 heterocycles. The summed E-state index contributed by atoms with van der Waals surface area (Å²) in [7, 11) is -3.75. The number of anilines is 1. The minimum Gasteiger partial charge on any atom is -0.352 e. The van der Waals surface area contributed by atoms with Crippen molar-refractivity contribution in [2.45, 2.75) is 53.2 Å². The molecular weight excluding hydrogens is 506 g/mol. The normalized spacial score (nSPS) is 12.4. The quantitative estimate of drug-likeness (QED) is 0.527. The molecule has 0 saturated heterocycles. The summed E-state index contributed by atoms with van der Waals surface area (Å²) in [4.78, 5) is 27.6. The lowest BCUT2D eigenvalue weighted by Gasteiger charge is -2.32. The molecule has 0 aliphatic heterocycles. The van der Waals surface area contributed by atoms with E-state index in [-0.39, 0.29) is 18.5 Å². The Morgan fingerprint density at radius 2 is 1.64 bits per heavy atom. The first-order valence-electron chi connectivity index (χ1n) is 10.7. The Labute approximate surface area is 205 Å². The predicted octanol–water partition coefficient (Wildman–Crippen LogP) is 3.77. The number of halogens is 1. The second kappa shape index (κ2) is 11.2. The molecule has 2 amide bonds. The third-order valence-corrected chi connectivity index (χ3v) is 7.21. The molecule has 0 bridgehead atoms. The number of sulfonamides is 1. The lowest BCUT2D eigenvalue weighted by molar-refractivity contribution is -0.139. The van der Waals surface area contributed by atoms with Crippen molar-refractivity contribution in [1.82, 2.24) is 10.2 Å². The molecule has 0 aromatic heterocycles. The van der Waals surface area contributed by atoms with Gasteiger partial charge in [0.1, 0.15) is 12.6 Å². The molecule has 0 radical (unpaired) electrons. The van der Waals surface area contributed by atoms with E-state index >= 15 is 0 Å². The van der Waals surface area contributed by atoms with Crippen LogP contribution in [0.25, 0.3) is 0 Å². The topological polar surface area (TPSA) is 86.8 Å². The maximum absolute atomic E-state index is 13.5. The van der Waals surface area contributed by atoms with Crippen LogP contribution < -0.4 is 9.62 Å². The van der Waals surface area contributed by atoms with Crippen LogP contribution in [-0.2, 0) is 26.2 Å². The summed E-state index contributed by atoms with van der Waals surface area (Å²) in [6, 6.07) is 11.9. The number of amides is 2. The first-order valence-corrected chi connectivity index (χ1v) is 13.3. The molecule has 0 spiro atoms. The highest BCUT2D eigenvalue weighted by molar-refractivity contribution is 9.10. The SMILES string of the molecule is Cc1ccc(CN(C(=O)CN(c2ccc(Br)c(C)c2)S(C)(=O)=O)C(C)C(=O)NC(C)C)cc1. The number of benzene rings is 2. The lowest BCUT2D eigenvalue weighted by Crippen LogP contribution is -2.52. The van der Waals surface area contributed by atoms with E-state index in [1.54, 1.807) is 25.1 Å². The fourth-order valence-corrected chi connectivity index (χ4v) is 4.36. The predicted molar refractivity (Wildman–Crippen MR) is 136 cm³/mol. The summed E-state index contributed by atoms with van der Waals surface area (Å²) in [5.41, 5.74) is 3.16. The van der Waals surface area contributed by atoms with Crippen molar-refractivity contribution >= 4 is 43.5 Å². The number of carbonyl (C=O) groups is 2. The molecule has 2 rings (SSSR count). The van der Waals surface area contributed by atoms with Gasteiger partial charge in [-0.1, -0.05) is 45.8 Å². The summed E-state index contributed by atoms with van der Waals surface area (Å²) >= 11 is 3.41. The van der Waals surface area contributed by atoms with Crippen LogP contribution in [0.1, 0.15) is 37.5 Å². The molecule has 180 valence electrons. The van der Waals surface area contributed by atoms with E-state index < -0.39 is 28.5 Å². The van der Waals surface area contributed by atoms with Gasteiger partial charge in [-0.05, 0) is 63.9 Å². The smallest absolute Gasteiger partial charge is 0.244 e. The molecule has 0 saturated carbocycles. The van der Waals surface area contributed by atoms with Crippen LogP contribution in [0.15, 0.2) is 46.9 Å². The molecule has 1 unspecified atom stereocenters. The zero-order valence-electron chi connectivity index (χ0n) is 19.9. The number of rotatable bonds is 9. The molecule has 2 aromatic carbocycles. The van der Waals surface area contributed by atoms with E-state index in [2.05, 4.69) is 21.2 Å². The minimum absolute atomic E-state index is 0.0884. The van der Waals surface area contributed by atoms with Crippen molar-refractivity contribution in [3.63, 3.8) is 0 Å². The van der Waals surface area contributed by atoms with E-state index in [1.807, 2.05) is 52.0 Å². The van der Waals surface area contributed by atoms with E-state index in [9.17, 15) is 18.0 Å². The van der Waals surface area contributed by atoms with Gasteiger partial charge in [-0.3, -0.25) is 13.9 Å². The highest BCUT2D eigenvalue weighted by atomic mass is 79.9. The van der Waals surface area contributed by atoms with Crippen molar-refractivity contribution in [1.29, 1.82) is 0 Å². The third-order valence-electron chi connectivity index (χ3n) is 5.18. The van der Waals surface area contributed by atoms with Gasteiger partial charge in [0.25, 0.3) is 0 Å². The van der Waals surface area contributed by atoms with Gasteiger partial charge >= 0.3 is 0 Å². The van der Waals surface area contributed by atoms with E-state index in [1.165, 1.54) is 4.90 Å². The highest BCUT2D eigenvalue weighted by Gasteiger charge is 2.30. The standard InChI is InChI=1S/C24H32BrN3O4S/c1-16(2)26-24(30)19(5)27(14-20-9-7-17(3)8-10-20)23(29)15-28(33(6,31)32)21-11-12-22(25)18(4)13-21/h7-13,16,19H,14-15H2,1-6H3,(H,26,30). The second-order valence-corrected chi connectivity index (χ2v) is 11.3. The van der Waals surface area contributed by atoms with E-state index in [0.717, 1.165) is 31.7 Å². The van der Waals surface area contributed by atoms with Crippen LogP contribution in [0.5, 0.6) is 0 Å². The number of aryl methyl sites for hydroxylation is 2. The van der Waals surface area contributed by atoms with Gasteiger partial charge in [0.05, 0.1) is 11.9 Å². The number of hydrogen-bond acceptors (Lipinski definition) is 4. The van der Waals surface area contributed by atoms with E-state index in [4.69, 9.17) is 0 Å². The second-order valence-electron chi connectivity index (χ2n) is 8.55. The highest BCUT2D eigenvalue weighted by Crippen LogP contribution is 2.25. The summed E-state index contributed by atoms with van der Waals surface area (Å²) in [6.07, 6.45) is 1.07. The molecule has 0 fully saturated rings.